The van der Waals surface area contributed by atoms with Gasteiger partial charge in [-0.15, -0.1) is 11.8 Å². The van der Waals surface area contributed by atoms with Crippen molar-refractivity contribution in [3.8, 4) is 0 Å². The number of aryl methyl sites for hydroxylation is 1. The van der Waals surface area contributed by atoms with E-state index in [-0.39, 0.29) is 28.5 Å². The van der Waals surface area contributed by atoms with Crippen molar-refractivity contribution in [2.24, 2.45) is 0 Å². The molecule has 0 spiro atoms. The van der Waals surface area contributed by atoms with E-state index in [4.69, 9.17) is 10.2 Å². The highest BCUT2D eigenvalue weighted by molar-refractivity contribution is 8.00. The van der Waals surface area contributed by atoms with E-state index in [1.54, 1.807) is 0 Å². The lowest BCUT2D eigenvalue weighted by Crippen LogP contribution is -2.15. The summed E-state index contributed by atoms with van der Waals surface area (Å²) in [7, 11) is 0. The Morgan fingerprint density at radius 2 is 1.50 bits per heavy atom. The first-order valence-electron chi connectivity index (χ1n) is 6.96. The summed E-state index contributed by atoms with van der Waals surface area (Å²) in [6, 6.07) is 11.2. The highest BCUT2D eigenvalue weighted by Crippen LogP contribution is 2.20. The van der Waals surface area contributed by atoms with Crippen LogP contribution in [-0.4, -0.2) is 33.8 Å². The monoisotopic (exact) mass is 345 g/mol. The molecule has 0 aliphatic heterocycles. The van der Waals surface area contributed by atoms with Crippen LogP contribution in [0.4, 0.5) is 5.69 Å². The molecule has 0 aliphatic rings. The minimum absolute atomic E-state index is 0.128. The number of carboxylic acid groups (broad SMARTS) is 2. The van der Waals surface area contributed by atoms with Gasteiger partial charge in [0.15, 0.2) is 0 Å². The van der Waals surface area contributed by atoms with Gasteiger partial charge in [-0.1, -0.05) is 17.7 Å². The van der Waals surface area contributed by atoms with Gasteiger partial charge in [0.1, 0.15) is 0 Å². The van der Waals surface area contributed by atoms with Gasteiger partial charge in [0.05, 0.1) is 16.9 Å². The molecule has 0 unspecified atom stereocenters. The second-order valence-electron chi connectivity index (χ2n) is 5.06. The Morgan fingerprint density at radius 1 is 0.958 bits per heavy atom. The van der Waals surface area contributed by atoms with Crippen LogP contribution in [0, 0.1) is 6.92 Å². The Bertz CT molecular complexity index is 754. The number of nitrogens with one attached hydrogen (secondary N) is 1. The first kappa shape index (κ1) is 17.6. The van der Waals surface area contributed by atoms with E-state index in [9.17, 15) is 14.4 Å². The first-order chi connectivity index (χ1) is 11.3. The molecule has 2 rings (SSSR count). The van der Waals surface area contributed by atoms with Crippen molar-refractivity contribution in [1.29, 1.82) is 0 Å². The molecule has 0 aliphatic carbocycles. The number of carboxylic acids is 2. The zero-order valence-corrected chi connectivity index (χ0v) is 13.6. The summed E-state index contributed by atoms with van der Waals surface area (Å²) in [5.74, 6) is -2.74. The Balaban J connectivity index is 2.06. The maximum Gasteiger partial charge on any atom is 0.335 e. The van der Waals surface area contributed by atoms with Crippen LogP contribution >= 0.6 is 11.8 Å². The highest BCUT2D eigenvalue weighted by atomic mass is 32.2. The summed E-state index contributed by atoms with van der Waals surface area (Å²) >= 11 is 1.33. The van der Waals surface area contributed by atoms with E-state index in [1.807, 2.05) is 31.2 Å². The van der Waals surface area contributed by atoms with E-state index in [0.717, 1.165) is 16.5 Å². The third-order valence-electron chi connectivity index (χ3n) is 3.10. The predicted octanol–water partition coefficient (Wildman–Crippen LogP) is 3.12. The van der Waals surface area contributed by atoms with Gasteiger partial charge in [0.2, 0.25) is 5.91 Å². The highest BCUT2D eigenvalue weighted by Gasteiger charge is 2.13. The van der Waals surface area contributed by atoms with E-state index < -0.39 is 11.9 Å². The van der Waals surface area contributed by atoms with Gasteiger partial charge in [0, 0.05) is 10.6 Å². The van der Waals surface area contributed by atoms with Crippen molar-refractivity contribution >= 4 is 35.3 Å². The summed E-state index contributed by atoms with van der Waals surface area (Å²) < 4.78 is 0. The van der Waals surface area contributed by atoms with Gasteiger partial charge in [-0.25, -0.2) is 9.59 Å². The SMILES string of the molecule is Cc1ccc(SCC(=O)Nc2cc(C(=O)O)cc(C(=O)O)c2)cc1. The topological polar surface area (TPSA) is 104 Å². The van der Waals surface area contributed by atoms with Gasteiger partial charge in [-0.05, 0) is 37.3 Å². The van der Waals surface area contributed by atoms with Crippen molar-refractivity contribution < 1.29 is 24.6 Å². The molecule has 0 atom stereocenters. The molecule has 2 aromatic carbocycles. The number of hydrogen-bond donors (Lipinski definition) is 3. The quantitative estimate of drug-likeness (QED) is 0.695. The molecule has 6 nitrogen and oxygen atoms in total. The van der Waals surface area contributed by atoms with Crippen LogP contribution in [0.1, 0.15) is 26.3 Å². The van der Waals surface area contributed by atoms with Crippen molar-refractivity contribution in [2.45, 2.75) is 11.8 Å². The fourth-order valence-electron chi connectivity index (χ4n) is 1.93. The number of amides is 1. The van der Waals surface area contributed by atoms with Crippen LogP contribution in [0.25, 0.3) is 0 Å². The molecule has 0 saturated carbocycles. The molecule has 2 aromatic rings. The minimum atomic E-state index is -1.26. The Morgan fingerprint density at radius 3 is 2.00 bits per heavy atom. The van der Waals surface area contributed by atoms with Gasteiger partial charge in [-0.2, -0.15) is 0 Å². The van der Waals surface area contributed by atoms with E-state index in [1.165, 1.54) is 23.9 Å². The molecular formula is C17H15NO5S. The number of aromatic carboxylic acids is 2. The average molecular weight is 345 g/mol. The summed E-state index contributed by atoms with van der Waals surface area (Å²) in [4.78, 5) is 35.0. The van der Waals surface area contributed by atoms with Crippen LogP contribution in [0.2, 0.25) is 0 Å². The largest absolute Gasteiger partial charge is 0.478 e. The number of anilines is 1. The number of benzene rings is 2. The summed E-state index contributed by atoms with van der Waals surface area (Å²) in [6.07, 6.45) is 0. The van der Waals surface area contributed by atoms with Crippen molar-refractivity contribution in [3.63, 3.8) is 0 Å². The van der Waals surface area contributed by atoms with Gasteiger partial charge >= 0.3 is 11.9 Å². The third kappa shape index (κ3) is 4.85. The molecule has 3 N–H and O–H groups in total. The lowest BCUT2D eigenvalue weighted by molar-refractivity contribution is -0.113. The van der Waals surface area contributed by atoms with Crippen LogP contribution in [0.3, 0.4) is 0 Å². The number of carbonyl (C=O) groups is 3. The van der Waals surface area contributed by atoms with E-state index in [2.05, 4.69) is 5.32 Å². The molecule has 124 valence electrons. The number of thioether (sulfide) groups is 1. The smallest absolute Gasteiger partial charge is 0.335 e. The molecule has 0 fully saturated rings. The van der Waals surface area contributed by atoms with Crippen molar-refractivity contribution in [1.82, 2.24) is 0 Å². The fourth-order valence-corrected chi connectivity index (χ4v) is 2.63. The van der Waals surface area contributed by atoms with Crippen LogP contribution in [0.5, 0.6) is 0 Å². The number of rotatable bonds is 6. The van der Waals surface area contributed by atoms with Gasteiger partial charge in [-0.3, -0.25) is 4.79 Å². The molecule has 1 amide bonds. The zero-order valence-electron chi connectivity index (χ0n) is 12.8. The lowest BCUT2D eigenvalue weighted by Gasteiger charge is -2.08. The van der Waals surface area contributed by atoms with Crippen LogP contribution < -0.4 is 5.32 Å². The normalized spacial score (nSPS) is 10.2. The van der Waals surface area contributed by atoms with Crippen LogP contribution in [-0.2, 0) is 4.79 Å². The lowest BCUT2D eigenvalue weighted by atomic mass is 10.1. The number of carbonyl (C=O) groups excluding carboxylic acids is 1. The molecule has 0 radical (unpaired) electrons. The molecule has 0 bridgehead atoms. The second-order valence-corrected chi connectivity index (χ2v) is 6.11. The fraction of sp³-hybridized carbons (Fsp3) is 0.118. The van der Waals surface area contributed by atoms with Crippen LogP contribution in [0.15, 0.2) is 47.4 Å². The van der Waals surface area contributed by atoms with Gasteiger partial charge in [0.25, 0.3) is 0 Å². The molecular weight excluding hydrogens is 330 g/mol. The third-order valence-corrected chi connectivity index (χ3v) is 4.11. The Hall–Kier alpha value is -2.80. The second kappa shape index (κ2) is 7.65. The molecule has 0 heterocycles. The summed E-state index contributed by atoms with van der Waals surface area (Å²) in [5.41, 5.74) is 0.866. The first-order valence-corrected chi connectivity index (χ1v) is 7.94. The predicted molar refractivity (Wildman–Crippen MR) is 90.9 cm³/mol. The molecule has 0 saturated heterocycles. The minimum Gasteiger partial charge on any atom is -0.478 e. The Labute approximate surface area is 142 Å². The van der Waals surface area contributed by atoms with E-state index >= 15 is 0 Å². The summed E-state index contributed by atoms with van der Waals surface area (Å²) in [5, 5.41) is 20.6. The zero-order chi connectivity index (χ0) is 17.7. The maximum atomic E-state index is 12.0. The Kier molecular flexibility index (Phi) is 5.59. The number of hydrogen-bond acceptors (Lipinski definition) is 4. The van der Waals surface area contributed by atoms with E-state index in [0.29, 0.717) is 0 Å². The summed E-state index contributed by atoms with van der Waals surface area (Å²) in [6.45, 7) is 1.97. The molecule has 7 heteroatoms. The average Bonchev–Trinajstić information content (AvgIpc) is 2.54. The standard InChI is InChI=1S/C17H15NO5S/c1-10-2-4-14(5-3-10)24-9-15(19)18-13-7-11(16(20)21)6-12(8-13)17(22)23/h2-8H,9H2,1H3,(H,18,19)(H,20,21)(H,22,23). The van der Waals surface area contributed by atoms with Crippen molar-refractivity contribution in [2.75, 3.05) is 11.1 Å². The van der Waals surface area contributed by atoms with Crippen molar-refractivity contribution in [3.05, 3.63) is 59.2 Å². The molecule has 24 heavy (non-hydrogen) atoms. The van der Waals surface area contributed by atoms with Gasteiger partial charge < -0.3 is 15.5 Å². The molecule has 0 aromatic heterocycles. The maximum absolute atomic E-state index is 12.0.